The van der Waals surface area contributed by atoms with Crippen LogP contribution in [0.25, 0.3) is 0 Å². The molecule has 1 atom stereocenters. The van der Waals surface area contributed by atoms with Crippen LogP contribution in [0.4, 0.5) is 5.69 Å². The number of ketones is 1. The molecule has 0 saturated carbocycles. The molecule has 1 aromatic rings. The number of hydrogen-bond acceptors (Lipinski definition) is 5. The van der Waals surface area contributed by atoms with Crippen LogP contribution in [-0.4, -0.2) is 32.0 Å². The number of allylic oxidation sites excluding steroid dienone is 3. The van der Waals surface area contributed by atoms with Crippen molar-refractivity contribution in [3.8, 4) is 0 Å². The van der Waals surface area contributed by atoms with Crippen molar-refractivity contribution in [2.45, 2.75) is 59.5 Å². The Balaban J connectivity index is 2.14. The second kappa shape index (κ2) is 7.69. The maximum Gasteiger partial charge on any atom is 0.337 e. The summed E-state index contributed by atoms with van der Waals surface area (Å²) in [7, 11) is 3.98. The smallest absolute Gasteiger partial charge is 0.337 e. The summed E-state index contributed by atoms with van der Waals surface area (Å²) in [4.78, 5) is 28.3. The highest BCUT2D eigenvalue weighted by Crippen LogP contribution is 2.47. The summed E-state index contributed by atoms with van der Waals surface area (Å²) < 4.78 is 5.55. The van der Waals surface area contributed by atoms with E-state index in [1.54, 1.807) is 0 Å². The number of carbonyl (C=O) groups is 2. The Labute approximate surface area is 173 Å². The number of esters is 1. The van der Waals surface area contributed by atoms with Crippen LogP contribution < -0.4 is 10.2 Å². The fourth-order valence-corrected chi connectivity index (χ4v) is 4.28. The summed E-state index contributed by atoms with van der Waals surface area (Å²) in [6.45, 7) is 9.79. The molecule has 0 saturated heterocycles. The maximum atomic E-state index is 13.2. The van der Waals surface area contributed by atoms with Crippen LogP contribution in [0.3, 0.4) is 0 Å². The highest BCUT2D eigenvalue weighted by molar-refractivity contribution is 6.04. The van der Waals surface area contributed by atoms with E-state index >= 15 is 0 Å². The molecule has 0 aromatic heterocycles. The Bertz CT molecular complexity index is 889. The van der Waals surface area contributed by atoms with Crippen LogP contribution in [0.15, 0.2) is 46.8 Å². The highest BCUT2D eigenvalue weighted by atomic mass is 16.5. The molecule has 29 heavy (non-hydrogen) atoms. The van der Waals surface area contributed by atoms with Gasteiger partial charge in [-0.15, -0.1) is 0 Å². The van der Waals surface area contributed by atoms with E-state index in [1.165, 1.54) is 0 Å². The average Bonchev–Trinajstić information content (AvgIpc) is 2.58. The second-order valence-electron chi connectivity index (χ2n) is 9.37. The van der Waals surface area contributed by atoms with Crippen LogP contribution in [0.2, 0.25) is 0 Å². The summed E-state index contributed by atoms with van der Waals surface area (Å²) >= 11 is 0. The predicted octanol–water partition coefficient (Wildman–Crippen LogP) is 4.31. The van der Waals surface area contributed by atoms with Gasteiger partial charge in [0, 0.05) is 49.1 Å². The van der Waals surface area contributed by atoms with Gasteiger partial charge in [0.05, 0.1) is 11.7 Å². The lowest BCUT2D eigenvalue weighted by molar-refractivity contribution is -0.143. The van der Waals surface area contributed by atoms with Gasteiger partial charge in [-0.3, -0.25) is 4.79 Å². The first-order valence-corrected chi connectivity index (χ1v) is 10.2. The zero-order valence-corrected chi connectivity index (χ0v) is 18.6. The summed E-state index contributed by atoms with van der Waals surface area (Å²) in [5.41, 5.74) is 4.85. The minimum Gasteiger partial charge on any atom is -0.460 e. The molecule has 1 N–H and O–H groups in total. The first-order valence-electron chi connectivity index (χ1n) is 10.2. The molecule has 5 heteroatoms. The van der Waals surface area contributed by atoms with E-state index in [2.05, 4.69) is 19.2 Å². The first-order chi connectivity index (χ1) is 13.5. The number of hydrogen-bond donors (Lipinski definition) is 1. The number of ether oxygens (including phenoxy) is 1. The standard InChI is InChI=1S/C24H32N2O3/c1-14(2)29-23(28)20-15(3)25-18-12-24(4,5)13-19(27)22(18)21(20)16-8-10-17(11-9-16)26(6)7/h8-11,14,21,25H,12-13H2,1-7H3/t21-/m0/s1. The molecule has 3 rings (SSSR count). The monoisotopic (exact) mass is 396 g/mol. The molecule has 1 aliphatic carbocycles. The lowest BCUT2D eigenvalue weighted by atomic mass is 9.68. The van der Waals surface area contributed by atoms with Crippen LogP contribution in [-0.2, 0) is 14.3 Å². The van der Waals surface area contributed by atoms with Crippen molar-refractivity contribution in [3.63, 3.8) is 0 Å². The molecule has 1 aromatic carbocycles. The molecule has 1 heterocycles. The fourth-order valence-electron chi connectivity index (χ4n) is 4.28. The van der Waals surface area contributed by atoms with Crippen molar-refractivity contribution in [2.75, 3.05) is 19.0 Å². The molecular formula is C24H32N2O3. The van der Waals surface area contributed by atoms with Crippen molar-refractivity contribution < 1.29 is 14.3 Å². The molecule has 156 valence electrons. The quantitative estimate of drug-likeness (QED) is 0.769. The number of Topliss-reactive ketones (excluding diaryl/α,β-unsaturated/α-hetero) is 1. The third-order valence-corrected chi connectivity index (χ3v) is 5.55. The molecule has 0 amide bonds. The lowest BCUT2D eigenvalue weighted by Gasteiger charge is -2.39. The van der Waals surface area contributed by atoms with Crippen molar-refractivity contribution in [2.24, 2.45) is 5.41 Å². The molecule has 1 aliphatic heterocycles. The van der Waals surface area contributed by atoms with Gasteiger partial charge in [-0.05, 0) is 50.3 Å². The minimum absolute atomic E-state index is 0.0987. The van der Waals surface area contributed by atoms with E-state index in [0.717, 1.165) is 29.1 Å². The van der Waals surface area contributed by atoms with Crippen LogP contribution in [0, 0.1) is 5.41 Å². The van der Waals surface area contributed by atoms with E-state index in [-0.39, 0.29) is 23.3 Å². The van der Waals surface area contributed by atoms with Gasteiger partial charge in [0.2, 0.25) is 0 Å². The second-order valence-corrected chi connectivity index (χ2v) is 9.37. The van der Waals surface area contributed by atoms with Gasteiger partial charge in [0.15, 0.2) is 5.78 Å². The molecule has 0 spiro atoms. The van der Waals surface area contributed by atoms with Crippen molar-refractivity contribution >= 4 is 17.4 Å². The van der Waals surface area contributed by atoms with Gasteiger partial charge >= 0.3 is 5.97 Å². The topological polar surface area (TPSA) is 58.6 Å². The number of benzene rings is 1. The van der Waals surface area contributed by atoms with Gasteiger partial charge in [-0.1, -0.05) is 26.0 Å². The van der Waals surface area contributed by atoms with Crippen molar-refractivity contribution in [1.29, 1.82) is 0 Å². The zero-order chi connectivity index (χ0) is 21.5. The van der Waals surface area contributed by atoms with E-state index < -0.39 is 5.92 Å². The van der Waals surface area contributed by atoms with E-state index in [1.807, 2.05) is 64.0 Å². The van der Waals surface area contributed by atoms with Crippen LogP contribution in [0.5, 0.6) is 0 Å². The molecule has 0 bridgehead atoms. The Morgan fingerprint density at radius 3 is 2.34 bits per heavy atom. The van der Waals surface area contributed by atoms with E-state index in [4.69, 9.17) is 4.74 Å². The summed E-state index contributed by atoms with van der Waals surface area (Å²) in [5.74, 6) is -0.666. The van der Waals surface area contributed by atoms with Gasteiger partial charge < -0.3 is 15.0 Å². The fraction of sp³-hybridized carbons (Fsp3) is 0.500. The largest absolute Gasteiger partial charge is 0.460 e. The molecule has 0 unspecified atom stereocenters. The number of nitrogens with zero attached hydrogens (tertiary/aromatic N) is 1. The molecule has 2 aliphatic rings. The number of carbonyl (C=O) groups excluding carboxylic acids is 2. The maximum absolute atomic E-state index is 13.2. The van der Waals surface area contributed by atoms with Crippen LogP contribution >= 0.6 is 0 Å². The summed E-state index contributed by atoms with van der Waals surface area (Å²) in [5, 5.41) is 3.37. The van der Waals surface area contributed by atoms with E-state index in [0.29, 0.717) is 17.6 Å². The normalized spacial score (nSPS) is 21.1. The minimum atomic E-state index is -0.405. The first kappa shape index (κ1) is 21.2. The summed E-state index contributed by atoms with van der Waals surface area (Å²) in [6, 6.07) is 8.07. The van der Waals surface area contributed by atoms with E-state index in [9.17, 15) is 9.59 Å². The highest BCUT2D eigenvalue weighted by Gasteiger charge is 2.43. The Morgan fingerprint density at radius 1 is 1.17 bits per heavy atom. The Hall–Kier alpha value is -2.56. The molecule has 0 radical (unpaired) electrons. The van der Waals surface area contributed by atoms with Gasteiger partial charge in [0.25, 0.3) is 0 Å². The SMILES string of the molecule is CC1=C(C(=O)OC(C)C)[C@H](c2ccc(N(C)C)cc2)C2=C(CC(C)(C)CC2=O)N1. The predicted molar refractivity (Wildman–Crippen MR) is 116 cm³/mol. The number of anilines is 1. The molecule has 0 fully saturated rings. The third-order valence-electron chi connectivity index (χ3n) is 5.55. The van der Waals surface area contributed by atoms with Gasteiger partial charge in [0.1, 0.15) is 0 Å². The number of dihydropyridines is 1. The van der Waals surface area contributed by atoms with Gasteiger partial charge in [-0.2, -0.15) is 0 Å². The van der Waals surface area contributed by atoms with Crippen molar-refractivity contribution in [3.05, 3.63) is 52.4 Å². The molecule has 5 nitrogen and oxygen atoms in total. The summed E-state index contributed by atoms with van der Waals surface area (Å²) in [6.07, 6.45) is 1.03. The number of rotatable bonds is 4. The lowest BCUT2D eigenvalue weighted by Crippen LogP contribution is -2.39. The van der Waals surface area contributed by atoms with Crippen LogP contribution in [0.1, 0.15) is 58.9 Å². The zero-order valence-electron chi connectivity index (χ0n) is 18.6. The third kappa shape index (κ3) is 4.24. The average molecular weight is 397 g/mol. The Kier molecular flexibility index (Phi) is 5.61. The Morgan fingerprint density at radius 2 is 1.79 bits per heavy atom. The van der Waals surface area contributed by atoms with Crippen molar-refractivity contribution in [1.82, 2.24) is 5.32 Å². The molecular weight excluding hydrogens is 364 g/mol. The van der Waals surface area contributed by atoms with Gasteiger partial charge in [-0.25, -0.2) is 4.79 Å². The number of nitrogens with one attached hydrogen (secondary N) is 1.